The Balaban J connectivity index is 2.02. The zero-order valence-electron chi connectivity index (χ0n) is 10.2. The van der Waals surface area contributed by atoms with E-state index in [4.69, 9.17) is 11.6 Å². The van der Waals surface area contributed by atoms with Crippen LogP contribution in [0.4, 0.5) is 11.8 Å². The van der Waals surface area contributed by atoms with Gasteiger partial charge in [0.15, 0.2) is 0 Å². The summed E-state index contributed by atoms with van der Waals surface area (Å²) in [6.07, 6.45) is 1.72. The summed E-state index contributed by atoms with van der Waals surface area (Å²) in [5.74, 6) is 1.41. The van der Waals surface area contributed by atoms with Crippen LogP contribution >= 0.6 is 11.6 Å². The molecule has 0 amide bonds. The predicted octanol–water partition coefficient (Wildman–Crippen LogP) is 3.17. The molecule has 0 radical (unpaired) electrons. The van der Waals surface area contributed by atoms with Crippen molar-refractivity contribution in [3.63, 3.8) is 0 Å². The van der Waals surface area contributed by atoms with Crippen molar-refractivity contribution in [3.05, 3.63) is 47.1 Å². The molecule has 1 aromatic heterocycles. The molecule has 94 valence electrons. The minimum atomic E-state index is 0.627. The third-order valence-corrected chi connectivity index (χ3v) is 2.78. The van der Waals surface area contributed by atoms with Crippen molar-refractivity contribution in [3.8, 4) is 0 Å². The molecule has 0 aliphatic rings. The van der Waals surface area contributed by atoms with Crippen LogP contribution in [-0.4, -0.2) is 16.5 Å². The summed E-state index contributed by atoms with van der Waals surface area (Å²) in [6, 6.07) is 9.58. The van der Waals surface area contributed by atoms with Crippen LogP contribution < -0.4 is 10.6 Å². The van der Waals surface area contributed by atoms with E-state index in [1.807, 2.05) is 37.3 Å². The first-order valence-corrected chi connectivity index (χ1v) is 6.21. The number of halogens is 1. The molecule has 0 atom stereocenters. The molecular formula is C13H15ClN4. The normalized spacial score (nSPS) is 10.1. The van der Waals surface area contributed by atoms with Gasteiger partial charge in [0.1, 0.15) is 5.82 Å². The van der Waals surface area contributed by atoms with E-state index >= 15 is 0 Å². The summed E-state index contributed by atoms with van der Waals surface area (Å²) in [5.41, 5.74) is 1.04. The summed E-state index contributed by atoms with van der Waals surface area (Å²) >= 11 is 6.09. The first-order chi connectivity index (χ1) is 8.79. The van der Waals surface area contributed by atoms with E-state index in [-0.39, 0.29) is 0 Å². The Morgan fingerprint density at radius 1 is 1.17 bits per heavy atom. The number of aromatic nitrogens is 2. The molecule has 18 heavy (non-hydrogen) atoms. The summed E-state index contributed by atoms with van der Waals surface area (Å²) in [7, 11) is 0. The number of nitrogens with zero attached hydrogens (tertiary/aromatic N) is 2. The minimum Gasteiger partial charge on any atom is -0.366 e. The molecule has 0 unspecified atom stereocenters. The average Bonchev–Trinajstić information content (AvgIpc) is 2.39. The van der Waals surface area contributed by atoms with Crippen LogP contribution in [0, 0.1) is 0 Å². The Labute approximate surface area is 111 Å². The lowest BCUT2D eigenvalue weighted by Gasteiger charge is -2.08. The summed E-state index contributed by atoms with van der Waals surface area (Å²) in [4.78, 5) is 8.44. The van der Waals surface area contributed by atoms with Crippen LogP contribution in [0.3, 0.4) is 0 Å². The Hall–Kier alpha value is -1.81. The van der Waals surface area contributed by atoms with Gasteiger partial charge < -0.3 is 10.6 Å². The summed E-state index contributed by atoms with van der Waals surface area (Å²) < 4.78 is 0. The molecule has 1 heterocycles. The Morgan fingerprint density at radius 3 is 2.78 bits per heavy atom. The van der Waals surface area contributed by atoms with Crippen molar-refractivity contribution < 1.29 is 0 Å². The van der Waals surface area contributed by atoms with Crippen molar-refractivity contribution in [1.29, 1.82) is 0 Å². The van der Waals surface area contributed by atoms with Gasteiger partial charge in [-0.1, -0.05) is 29.8 Å². The highest BCUT2D eigenvalue weighted by molar-refractivity contribution is 6.31. The fraction of sp³-hybridized carbons (Fsp3) is 0.231. The fourth-order valence-corrected chi connectivity index (χ4v) is 1.73. The fourth-order valence-electron chi connectivity index (χ4n) is 1.53. The number of anilines is 2. The van der Waals surface area contributed by atoms with E-state index in [1.54, 1.807) is 6.20 Å². The SMILES string of the molecule is CCNc1nccc(NCc2ccccc2Cl)n1. The lowest BCUT2D eigenvalue weighted by atomic mass is 10.2. The van der Waals surface area contributed by atoms with Crippen LogP contribution in [0.1, 0.15) is 12.5 Å². The highest BCUT2D eigenvalue weighted by Crippen LogP contribution is 2.16. The molecule has 4 nitrogen and oxygen atoms in total. The largest absolute Gasteiger partial charge is 0.366 e. The highest BCUT2D eigenvalue weighted by atomic mass is 35.5. The second-order valence-electron chi connectivity index (χ2n) is 3.74. The van der Waals surface area contributed by atoms with Gasteiger partial charge in [-0.25, -0.2) is 4.98 Å². The van der Waals surface area contributed by atoms with Gasteiger partial charge >= 0.3 is 0 Å². The van der Waals surface area contributed by atoms with Gasteiger partial charge in [0, 0.05) is 24.3 Å². The van der Waals surface area contributed by atoms with E-state index in [0.29, 0.717) is 12.5 Å². The molecule has 0 aliphatic carbocycles. The second kappa shape index (κ2) is 6.21. The highest BCUT2D eigenvalue weighted by Gasteiger charge is 2.00. The Kier molecular flexibility index (Phi) is 4.36. The van der Waals surface area contributed by atoms with Gasteiger partial charge in [-0.3, -0.25) is 0 Å². The van der Waals surface area contributed by atoms with Crippen molar-refractivity contribution in [2.45, 2.75) is 13.5 Å². The van der Waals surface area contributed by atoms with Gasteiger partial charge in [0.25, 0.3) is 0 Å². The van der Waals surface area contributed by atoms with Crippen LogP contribution in [0.5, 0.6) is 0 Å². The standard InChI is InChI=1S/C13H15ClN4/c1-2-15-13-16-8-7-12(18-13)17-9-10-5-3-4-6-11(10)14/h3-8H,2,9H2,1H3,(H2,15,16,17,18). The van der Waals surface area contributed by atoms with Gasteiger partial charge in [-0.05, 0) is 24.6 Å². The van der Waals surface area contributed by atoms with E-state index in [9.17, 15) is 0 Å². The molecular weight excluding hydrogens is 248 g/mol. The van der Waals surface area contributed by atoms with E-state index in [0.717, 1.165) is 22.9 Å². The molecule has 0 saturated heterocycles. The molecule has 0 fully saturated rings. The van der Waals surface area contributed by atoms with Gasteiger partial charge in [0.2, 0.25) is 5.95 Å². The topological polar surface area (TPSA) is 49.8 Å². The van der Waals surface area contributed by atoms with E-state index < -0.39 is 0 Å². The molecule has 2 N–H and O–H groups in total. The maximum Gasteiger partial charge on any atom is 0.224 e. The molecule has 5 heteroatoms. The zero-order valence-corrected chi connectivity index (χ0v) is 10.9. The second-order valence-corrected chi connectivity index (χ2v) is 4.15. The Morgan fingerprint density at radius 2 is 2.00 bits per heavy atom. The number of nitrogens with one attached hydrogen (secondary N) is 2. The third kappa shape index (κ3) is 3.34. The molecule has 0 aliphatic heterocycles. The zero-order chi connectivity index (χ0) is 12.8. The molecule has 2 rings (SSSR count). The Bertz CT molecular complexity index is 516. The van der Waals surface area contributed by atoms with Crippen LogP contribution in [0.15, 0.2) is 36.5 Å². The first-order valence-electron chi connectivity index (χ1n) is 5.84. The molecule has 0 bridgehead atoms. The van der Waals surface area contributed by atoms with E-state index in [1.165, 1.54) is 0 Å². The maximum absolute atomic E-state index is 6.09. The monoisotopic (exact) mass is 262 g/mol. The summed E-state index contributed by atoms with van der Waals surface area (Å²) in [6.45, 7) is 3.45. The third-order valence-electron chi connectivity index (χ3n) is 2.41. The first kappa shape index (κ1) is 12.6. The van der Waals surface area contributed by atoms with Crippen molar-refractivity contribution in [2.24, 2.45) is 0 Å². The predicted molar refractivity (Wildman–Crippen MR) is 75.0 cm³/mol. The van der Waals surface area contributed by atoms with Crippen LogP contribution in [0.25, 0.3) is 0 Å². The van der Waals surface area contributed by atoms with Crippen molar-refractivity contribution >= 4 is 23.4 Å². The number of rotatable bonds is 5. The van der Waals surface area contributed by atoms with E-state index in [2.05, 4.69) is 20.6 Å². The number of hydrogen-bond acceptors (Lipinski definition) is 4. The minimum absolute atomic E-state index is 0.627. The summed E-state index contributed by atoms with van der Waals surface area (Å²) in [5, 5.41) is 7.05. The quantitative estimate of drug-likeness (QED) is 0.869. The smallest absolute Gasteiger partial charge is 0.224 e. The lowest BCUT2D eigenvalue weighted by Crippen LogP contribution is -2.06. The van der Waals surface area contributed by atoms with Gasteiger partial charge in [0.05, 0.1) is 0 Å². The molecule has 2 aromatic rings. The lowest BCUT2D eigenvalue weighted by molar-refractivity contribution is 1.05. The van der Waals surface area contributed by atoms with Crippen molar-refractivity contribution in [2.75, 3.05) is 17.2 Å². The maximum atomic E-state index is 6.09. The average molecular weight is 263 g/mol. The van der Waals surface area contributed by atoms with Crippen LogP contribution in [-0.2, 0) is 6.54 Å². The molecule has 0 saturated carbocycles. The molecule has 1 aromatic carbocycles. The number of hydrogen-bond donors (Lipinski definition) is 2. The molecule has 0 spiro atoms. The van der Waals surface area contributed by atoms with Gasteiger partial charge in [-0.2, -0.15) is 4.98 Å². The van der Waals surface area contributed by atoms with Gasteiger partial charge in [-0.15, -0.1) is 0 Å². The number of benzene rings is 1. The van der Waals surface area contributed by atoms with Crippen LogP contribution in [0.2, 0.25) is 5.02 Å². The van der Waals surface area contributed by atoms with Crippen molar-refractivity contribution in [1.82, 2.24) is 9.97 Å².